The Morgan fingerprint density at radius 3 is 2.65 bits per heavy atom. The number of aliphatic hydroxyl groups is 2. The van der Waals surface area contributed by atoms with Crippen LogP contribution >= 0.6 is 0 Å². The highest BCUT2D eigenvalue weighted by Crippen LogP contribution is 2.75. The molecule has 31 heavy (non-hydrogen) atoms. The zero-order chi connectivity index (χ0) is 22.6. The molecule has 2 saturated carbocycles. The molecule has 0 bridgehead atoms. The maximum atomic E-state index is 13.2. The van der Waals surface area contributed by atoms with Crippen LogP contribution in [0, 0.1) is 28.6 Å². The maximum absolute atomic E-state index is 13.2. The fourth-order valence-electron chi connectivity index (χ4n) is 7.57. The Hall–Kier alpha value is -1.83. The molecule has 2 unspecified atom stereocenters. The van der Waals surface area contributed by atoms with E-state index in [1.54, 1.807) is 6.08 Å². The highest BCUT2D eigenvalue weighted by Gasteiger charge is 2.81. The van der Waals surface area contributed by atoms with Crippen molar-refractivity contribution in [2.24, 2.45) is 28.6 Å². The summed E-state index contributed by atoms with van der Waals surface area (Å²) in [7, 11) is 0. The summed E-state index contributed by atoms with van der Waals surface area (Å²) in [6.07, 6.45) is 6.27. The highest BCUT2D eigenvalue weighted by molar-refractivity contribution is 5.95. The monoisotopic (exact) mass is 430 g/mol. The van der Waals surface area contributed by atoms with Gasteiger partial charge in [-0.3, -0.25) is 14.4 Å². The van der Waals surface area contributed by atoms with Crippen molar-refractivity contribution >= 4 is 17.5 Å². The number of hydrogen-bond acceptors (Lipinski definition) is 6. The van der Waals surface area contributed by atoms with Crippen LogP contribution in [0.5, 0.6) is 0 Å². The first kappa shape index (κ1) is 21.0. The lowest BCUT2D eigenvalue weighted by atomic mass is 9.47. The van der Waals surface area contributed by atoms with Crippen LogP contribution in [0.3, 0.4) is 0 Å². The largest absolute Gasteiger partial charge is 0.481 e. The molecular formula is C24H30O7. The number of carboxylic acids is 1. The molecule has 1 aliphatic heterocycles. The molecule has 1 heterocycles. The summed E-state index contributed by atoms with van der Waals surface area (Å²) < 4.78 is 6.42. The smallest absolute Gasteiger partial charge is 0.309 e. The summed E-state index contributed by atoms with van der Waals surface area (Å²) in [5.41, 5.74) is -2.31. The van der Waals surface area contributed by atoms with Gasteiger partial charge in [0.05, 0.1) is 12.0 Å². The number of carboxylic acid groups (broad SMARTS) is 1. The number of carbonyl (C=O) groups excluding carboxylic acids is 2. The van der Waals surface area contributed by atoms with Gasteiger partial charge in [0, 0.05) is 17.3 Å². The minimum atomic E-state index is -1.79. The summed E-state index contributed by atoms with van der Waals surface area (Å²) in [4.78, 5) is 36.5. The third-order valence-corrected chi connectivity index (χ3v) is 9.59. The molecule has 0 aromatic heterocycles. The van der Waals surface area contributed by atoms with Crippen molar-refractivity contribution < 1.29 is 34.4 Å². The van der Waals surface area contributed by atoms with Crippen molar-refractivity contribution in [3.05, 3.63) is 23.8 Å². The van der Waals surface area contributed by atoms with Crippen molar-refractivity contribution in [2.45, 2.75) is 76.3 Å². The second-order valence-electron chi connectivity index (χ2n) is 10.7. The number of fused-ring (bicyclic) bond motifs is 3. The molecule has 0 amide bonds. The van der Waals surface area contributed by atoms with Gasteiger partial charge in [-0.05, 0) is 57.4 Å². The van der Waals surface area contributed by atoms with E-state index in [2.05, 4.69) is 13.0 Å². The summed E-state index contributed by atoms with van der Waals surface area (Å²) in [5, 5.41) is 31.3. The molecule has 7 heteroatoms. The predicted octanol–water partition coefficient (Wildman–Crippen LogP) is 1.81. The lowest BCUT2D eigenvalue weighted by molar-refractivity contribution is -0.171. The van der Waals surface area contributed by atoms with E-state index in [4.69, 9.17) is 4.74 Å². The lowest BCUT2D eigenvalue weighted by Gasteiger charge is -2.55. The molecule has 1 spiro atoms. The molecule has 0 aromatic rings. The molecule has 5 aliphatic rings. The number of Topliss-reactive ketones (excluding diaryl/α,β-unsaturated/α-hetero) is 1. The Balaban J connectivity index is 1.51. The quantitative estimate of drug-likeness (QED) is 0.459. The Morgan fingerprint density at radius 2 is 1.97 bits per heavy atom. The van der Waals surface area contributed by atoms with E-state index in [0.717, 1.165) is 12.0 Å². The Kier molecular flexibility index (Phi) is 4.17. The number of allylic oxidation sites excluding steroid dienone is 2. The fourth-order valence-corrected chi connectivity index (χ4v) is 7.57. The molecule has 168 valence electrons. The SMILES string of the molecule is CC(C(=O)O)C(O)C(=O)[C@@]1(O)CC[C@H]2[C@@H]3CC=C4CC(=O)C=C[C@]4(C)[C@@]34O[C@H]4C[C@@]21C. The molecule has 3 N–H and O–H groups in total. The number of carbonyl (C=O) groups is 3. The molecular weight excluding hydrogens is 400 g/mol. The van der Waals surface area contributed by atoms with Crippen LogP contribution < -0.4 is 0 Å². The molecule has 4 aliphatic carbocycles. The summed E-state index contributed by atoms with van der Waals surface area (Å²) >= 11 is 0. The highest BCUT2D eigenvalue weighted by atomic mass is 16.6. The molecule has 0 aromatic carbocycles. The normalized spacial score (nSPS) is 49.1. The van der Waals surface area contributed by atoms with Crippen LogP contribution in [0.15, 0.2) is 23.8 Å². The Labute approximate surface area is 181 Å². The lowest BCUT2D eigenvalue weighted by Crippen LogP contribution is -2.62. The minimum absolute atomic E-state index is 0.00631. The van der Waals surface area contributed by atoms with Gasteiger partial charge in [0.2, 0.25) is 0 Å². The zero-order valence-corrected chi connectivity index (χ0v) is 18.1. The van der Waals surface area contributed by atoms with Crippen molar-refractivity contribution in [3.8, 4) is 0 Å². The van der Waals surface area contributed by atoms with E-state index in [1.807, 2.05) is 13.0 Å². The summed E-state index contributed by atoms with van der Waals surface area (Å²) in [6, 6.07) is 0. The average Bonchev–Trinajstić information content (AvgIpc) is 3.38. The fraction of sp³-hybridized carbons (Fsp3) is 0.708. The van der Waals surface area contributed by atoms with Crippen LogP contribution in [0.25, 0.3) is 0 Å². The molecule has 7 nitrogen and oxygen atoms in total. The number of rotatable bonds is 4. The molecule has 3 fully saturated rings. The van der Waals surface area contributed by atoms with Gasteiger partial charge in [-0.2, -0.15) is 0 Å². The van der Waals surface area contributed by atoms with Gasteiger partial charge in [0.25, 0.3) is 0 Å². The van der Waals surface area contributed by atoms with E-state index < -0.39 is 40.4 Å². The maximum Gasteiger partial charge on any atom is 0.309 e. The number of ketones is 2. The van der Waals surface area contributed by atoms with Gasteiger partial charge in [-0.25, -0.2) is 0 Å². The summed E-state index contributed by atoms with van der Waals surface area (Å²) in [5.74, 6) is -3.18. The van der Waals surface area contributed by atoms with Crippen LogP contribution in [0.1, 0.15) is 52.9 Å². The molecule has 9 atom stereocenters. The van der Waals surface area contributed by atoms with Crippen molar-refractivity contribution in [1.82, 2.24) is 0 Å². The number of epoxide rings is 1. The molecule has 5 rings (SSSR count). The molecule has 1 saturated heterocycles. The van der Waals surface area contributed by atoms with Gasteiger partial charge in [-0.15, -0.1) is 0 Å². The number of ether oxygens (including phenoxy) is 1. The second kappa shape index (κ2) is 6.15. The zero-order valence-electron chi connectivity index (χ0n) is 18.1. The van der Waals surface area contributed by atoms with Crippen LogP contribution in [-0.2, 0) is 19.1 Å². The van der Waals surface area contributed by atoms with Gasteiger partial charge in [-0.1, -0.05) is 24.6 Å². The third kappa shape index (κ3) is 2.32. The Bertz CT molecular complexity index is 952. The number of aliphatic carboxylic acids is 1. The van der Waals surface area contributed by atoms with Gasteiger partial charge in [0.1, 0.15) is 17.3 Å². The minimum Gasteiger partial charge on any atom is -0.481 e. The van der Waals surface area contributed by atoms with Crippen LogP contribution in [0.4, 0.5) is 0 Å². The van der Waals surface area contributed by atoms with Crippen molar-refractivity contribution in [1.29, 1.82) is 0 Å². The first-order chi connectivity index (χ1) is 14.4. The van der Waals surface area contributed by atoms with Crippen LogP contribution in [-0.4, -0.2) is 56.3 Å². The van der Waals surface area contributed by atoms with Gasteiger partial charge in [0.15, 0.2) is 11.6 Å². The van der Waals surface area contributed by atoms with E-state index in [1.165, 1.54) is 6.92 Å². The van der Waals surface area contributed by atoms with E-state index in [0.29, 0.717) is 19.3 Å². The standard InChI is InChI=1S/C24H30O7/c1-12(20(28)29)18(26)19(27)23(30)9-7-15-16-5-4-13-10-14(25)6-8-21(13,2)24(16)17(31-24)11-22(15,23)3/h4,6,8,12,15-18,26,30H,5,7,9-11H2,1-3H3,(H,28,29)/t12?,15-,16-,17-,18?,21-,22-,23-,24+/m0/s1. The summed E-state index contributed by atoms with van der Waals surface area (Å²) in [6.45, 7) is 5.30. The third-order valence-electron chi connectivity index (χ3n) is 9.59. The van der Waals surface area contributed by atoms with E-state index in [-0.39, 0.29) is 35.6 Å². The molecule has 0 radical (unpaired) electrons. The predicted molar refractivity (Wildman–Crippen MR) is 109 cm³/mol. The first-order valence-corrected chi connectivity index (χ1v) is 11.2. The van der Waals surface area contributed by atoms with E-state index in [9.17, 15) is 29.7 Å². The number of hydrogen-bond donors (Lipinski definition) is 3. The van der Waals surface area contributed by atoms with Crippen LogP contribution in [0.2, 0.25) is 0 Å². The van der Waals surface area contributed by atoms with E-state index >= 15 is 0 Å². The van der Waals surface area contributed by atoms with Crippen molar-refractivity contribution in [2.75, 3.05) is 0 Å². The second-order valence-corrected chi connectivity index (χ2v) is 10.7. The van der Waals surface area contributed by atoms with Gasteiger partial charge < -0.3 is 20.1 Å². The first-order valence-electron chi connectivity index (χ1n) is 11.2. The average molecular weight is 430 g/mol. The Morgan fingerprint density at radius 1 is 1.26 bits per heavy atom. The number of aliphatic hydroxyl groups excluding tert-OH is 1. The van der Waals surface area contributed by atoms with Gasteiger partial charge >= 0.3 is 5.97 Å². The topological polar surface area (TPSA) is 124 Å². The van der Waals surface area contributed by atoms with Crippen molar-refractivity contribution in [3.63, 3.8) is 0 Å².